The van der Waals surface area contributed by atoms with Gasteiger partial charge in [0.1, 0.15) is 5.75 Å². The van der Waals surface area contributed by atoms with E-state index in [1.54, 1.807) is 11.0 Å². The first kappa shape index (κ1) is 24.3. The van der Waals surface area contributed by atoms with Crippen LogP contribution in [0, 0.1) is 26.7 Å². The van der Waals surface area contributed by atoms with Gasteiger partial charge < -0.3 is 9.64 Å². The van der Waals surface area contributed by atoms with Gasteiger partial charge in [0.2, 0.25) is 10.0 Å². The Bertz CT molecular complexity index is 1100. The molecule has 0 bridgehead atoms. The van der Waals surface area contributed by atoms with Crippen molar-refractivity contribution >= 4 is 15.9 Å². The third kappa shape index (κ3) is 5.15. The van der Waals surface area contributed by atoms with Crippen molar-refractivity contribution < 1.29 is 17.9 Å². The number of piperidine rings is 1. The summed E-state index contributed by atoms with van der Waals surface area (Å²) in [6.45, 7) is 11.4. The first-order valence-electron chi connectivity index (χ1n) is 11.1. The van der Waals surface area contributed by atoms with E-state index in [1.807, 2.05) is 33.8 Å². The second-order valence-electron chi connectivity index (χ2n) is 8.97. The first-order valence-corrected chi connectivity index (χ1v) is 12.6. The molecule has 1 saturated heterocycles. The minimum Gasteiger partial charge on any atom is -0.496 e. The summed E-state index contributed by atoms with van der Waals surface area (Å²) in [5.41, 5.74) is 4.54. The number of carbonyl (C=O) groups is 1. The number of nitrogens with zero attached hydrogens (tertiary/aromatic N) is 1. The predicted molar refractivity (Wildman–Crippen MR) is 127 cm³/mol. The molecule has 1 N–H and O–H groups in total. The maximum Gasteiger partial charge on any atom is 0.257 e. The van der Waals surface area contributed by atoms with Gasteiger partial charge in [0.05, 0.1) is 17.6 Å². The average molecular weight is 459 g/mol. The highest BCUT2D eigenvalue weighted by molar-refractivity contribution is 7.89. The van der Waals surface area contributed by atoms with Gasteiger partial charge in [0.15, 0.2) is 0 Å². The molecule has 3 rings (SSSR count). The summed E-state index contributed by atoms with van der Waals surface area (Å²) in [5.74, 6) is 0.779. The molecule has 1 aliphatic heterocycles. The monoisotopic (exact) mass is 458 g/mol. The summed E-state index contributed by atoms with van der Waals surface area (Å²) in [6, 6.07) is 8.15. The standard InChI is InChI=1S/C25H34N2O4S/c1-16-9-11-27(12-10-16)25(28)23-15-21(7-8-24(23)31-6)32(29,30)26-20(5)22-14-18(3)17(2)13-19(22)4/h7-8,13-16,20,26H,9-12H2,1-6H3. The fourth-order valence-electron chi connectivity index (χ4n) is 4.22. The van der Waals surface area contributed by atoms with Crippen molar-refractivity contribution in [3.63, 3.8) is 0 Å². The van der Waals surface area contributed by atoms with Gasteiger partial charge in [-0.3, -0.25) is 4.79 Å². The van der Waals surface area contributed by atoms with Gasteiger partial charge in [0.25, 0.3) is 5.91 Å². The largest absolute Gasteiger partial charge is 0.496 e. The van der Waals surface area contributed by atoms with Crippen LogP contribution in [0.25, 0.3) is 0 Å². The molecule has 2 aromatic carbocycles. The molecule has 7 heteroatoms. The van der Waals surface area contributed by atoms with Crippen LogP contribution in [0.2, 0.25) is 0 Å². The Labute approximate surface area is 192 Å². The number of carbonyl (C=O) groups excluding carboxylic acids is 1. The zero-order valence-corrected chi connectivity index (χ0v) is 20.7. The van der Waals surface area contributed by atoms with Crippen LogP contribution in [-0.4, -0.2) is 39.4 Å². The molecule has 0 aliphatic carbocycles. The molecular weight excluding hydrogens is 424 g/mol. The zero-order chi connectivity index (χ0) is 23.6. The summed E-state index contributed by atoms with van der Waals surface area (Å²) in [6.07, 6.45) is 1.89. The molecule has 174 valence electrons. The Morgan fingerprint density at radius 2 is 1.69 bits per heavy atom. The number of ether oxygens (including phenoxy) is 1. The van der Waals surface area contributed by atoms with Gasteiger partial charge in [-0.2, -0.15) is 0 Å². The van der Waals surface area contributed by atoms with Crippen LogP contribution >= 0.6 is 0 Å². The Balaban J connectivity index is 1.89. The average Bonchev–Trinajstić information content (AvgIpc) is 2.75. The highest BCUT2D eigenvalue weighted by Gasteiger charge is 2.27. The summed E-state index contributed by atoms with van der Waals surface area (Å²) in [5, 5.41) is 0. The number of benzene rings is 2. The van der Waals surface area contributed by atoms with Crippen molar-refractivity contribution in [2.45, 2.75) is 58.4 Å². The molecule has 1 unspecified atom stereocenters. The van der Waals surface area contributed by atoms with Crippen molar-refractivity contribution in [3.05, 3.63) is 58.1 Å². The van der Waals surface area contributed by atoms with Gasteiger partial charge in [-0.15, -0.1) is 0 Å². The van der Waals surface area contributed by atoms with E-state index in [2.05, 4.69) is 17.7 Å². The molecule has 1 aliphatic rings. The number of rotatable bonds is 6. The number of aryl methyl sites for hydroxylation is 3. The number of hydrogen-bond acceptors (Lipinski definition) is 4. The lowest BCUT2D eigenvalue weighted by Crippen LogP contribution is -2.38. The first-order chi connectivity index (χ1) is 15.0. The Hall–Kier alpha value is -2.38. The van der Waals surface area contributed by atoms with Crippen molar-refractivity contribution in [2.75, 3.05) is 20.2 Å². The quantitative estimate of drug-likeness (QED) is 0.690. The second kappa shape index (κ2) is 9.63. The lowest BCUT2D eigenvalue weighted by molar-refractivity contribution is 0.0693. The van der Waals surface area contributed by atoms with Crippen LogP contribution in [0.3, 0.4) is 0 Å². The SMILES string of the molecule is COc1ccc(S(=O)(=O)NC(C)c2cc(C)c(C)cc2C)cc1C(=O)N1CCC(C)CC1. The molecule has 0 saturated carbocycles. The summed E-state index contributed by atoms with van der Waals surface area (Å²) in [7, 11) is -2.36. The molecule has 0 radical (unpaired) electrons. The minimum absolute atomic E-state index is 0.0559. The van der Waals surface area contributed by atoms with Gasteiger partial charge in [-0.1, -0.05) is 19.1 Å². The third-order valence-electron chi connectivity index (χ3n) is 6.46. The Morgan fingerprint density at radius 3 is 2.31 bits per heavy atom. The van der Waals surface area contributed by atoms with E-state index < -0.39 is 16.1 Å². The third-order valence-corrected chi connectivity index (χ3v) is 8.00. The van der Waals surface area contributed by atoms with Gasteiger partial charge >= 0.3 is 0 Å². The van der Waals surface area contributed by atoms with Crippen molar-refractivity contribution in [3.8, 4) is 5.75 Å². The molecule has 1 amide bonds. The molecule has 1 fully saturated rings. The normalized spacial score (nSPS) is 16.1. The van der Waals surface area contributed by atoms with E-state index in [9.17, 15) is 13.2 Å². The van der Waals surface area contributed by atoms with Gasteiger partial charge in [-0.25, -0.2) is 13.1 Å². The van der Waals surface area contributed by atoms with E-state index in [0.717, 1.165) is 29.5 Å². The van der Waals surface area contributed by atoms with Crippen molar-refractivity contribution in [1.82, 2.24) is 9.62 Å². The molecule has 1 atom stereocenters. The molecule has 0 aromatic heterocycles. The molecule has 0 spiro atoms. The smallest absolute Gasteiger partial charge is 0.257 e. The van der Waals surface area contributed by atoms with E-state index in [1.165, 1.54) is 24.8 Å². The number of hydrogen-bond donors (Lipinski definition) is 1. The maximum atomic E-state index is 13.2. The molecule has 2 aromatic rings. The van der Waals surface area contributed by atoms with E-state index in [4.69, 9.17) is 4.74 Å². The fourth-order valence-corrected chi connectivity index (χ4v) is 5.47. The van der Waals surface area contributed by atoms with E-state index >= 15 is 0 Å². The van der Waals surface area contributed by atoms with Crippen LogP contribution in [0.4, 0.5) is 0 Å². The lowest BCUT2D eigenvalue weighted by Gasteiger charge is -2.30. The summed E-state index contributed by atoms with van der Waals surface area (Å²) >= 11 is 0. The minimum atomic E-state index is -3.84. The second-order valence-corrected chi connectivity index (χ2v) is 10.7. The van der Waals surface area contributed by atoms with Crippen LogP contribution in [0.5, 0.6) is 5.75 Å². The van der Waals surface area contributed by atoms with E-state index in [-0.39, 0.29) is 16.4 Å². The zero-order valence-electron chi connectivity index (χ0n) is 19.9. The van der Waals surface area contributed by atoms with Crippen LogP contribution < -0.4 is 9.46 Å². The summed E-state index contributed by atoms with van der Waals surface area (Å²) < 4.78 is 34.5. The molecule has 1 heterocycles. The van der Waals surface area contributed by atoms with Crippen LogP contribution in [-0.2, 0) is 10.0 Å². The predicted octanol–water partition coefficient (Wildman–Crippen LogP) is 4.53. The molecule has 32 heavy (non-hydrogen) atoms. The number of methoxy groups -OCH3 is 1. The molecule has 6 nitrogen and oxygen atoms in total. The van der Waals surface area contributed by atoms with Gasteiger partial charge in [0, 0.05) is 19.1 Å². The highest BCUT2D eigenvalue weighted by Crippen LogP contribution is 2.28. The lowest BCUT2D eigenvalue weighted by atomic mass is 9.97. The maximum absolute atomic E-state index is 13.2. The van der Waals surface area contributed by atoms with Gasteiger partial charge in [-0.05, 0) is 86.9 Å². The highest BCUT2D eigenvalue weighted by atomic mass is 32.2. The number of sulfonamides is 1. The number of amides is 1. The Morgan fingerprint density at radius 1 is 1.06 bits per heavy atom. The fraction of sp³-hybridized carbons (Fsp3) is 0.480. The van der Waals surface area contributed by atoms with E-state index in [0.29, 0.717) is 24.8 Å². The van der Waals surface area contributed by atoms with Crippen LogP contribution in [0.15, 0.2) is 35.2 Å². The Kier molecular flexibility index (Phi) is 7.30. The van der Waals surface area contributed by atoms with Crippen LogP contribution in [0.1, 0.15) is 65.3 Å². The van der Waals surface area contributed by atoms with Crippen molar-refractivity contribution in [2.24, 2.45) is 5.92 Å². The topological polar surface area (TPSA) is 75.7 Å². The number of nitrogens with one attached hydrogen (secondary N) is 1. The summed E-state index contributed by atoms with van der Waals surface area (Å²) in [4.78, 5) is 15.0. The van der Waals surface area contributed by atoms with Crippen molar-refractivity contribution in [1.29, 1.82) is 0 Å². The number of likely N-dealkylation sites (tertiary alicyclic amines) is 1. The molecular formula is C25H34N2O4S.